The number of carboxylic acid groups (broad SMARTS) is 1. The summed E-state index contributed by atoms with van der Waals surface area (Å²) in [5.74, 6) is -0.292. The molecule has 1 heterocycles. The third-order valence-corrected chi connectivity index (χ3v) is 3.24. The zero-order chi connectivity index (χ0) is 10.8. The van der Waals surface area contributed by atoms with Crippen molar-refractivity contribution in [3.05, 3.63) is 17.7 Å². The van der Waals surface area contributed by atoms with Crippen molar-refractivity contribution in [1.82, 2.24) is 9.55 Å². The van der Waals surface area contributed by atoms with Gasteiger partial charge in [-0.15, -0.1) is 0 Å². The molecule has 0 atom stereocenters. The number of carbonyl (C=O) groups is 1. The SMILES string of the molecule is Cn1c(C2CCCCC2)cnc1C(=O)O. The molecule has 0 saturated heterocycles. The molecule has 82 valence electrons. The van der Waals surface area contributed by atoms with Crippen LogP contribution >= 0.6 is 0 Å². The van der Waals surface area contributed by atoms with Crippen LogP contribution < -0.4 is 0 Å². The van der Waals surface area contributed by atoms with Gasteiger partial charge in [-0.3, -0.25) is 0 Å². The first-order valence-corrected chi connectivity index (χ1v) is 5.45. The van der Waals surface area contributed by atoms with Crippen LogP contribution in [0.15, 0.2) is 6.20 Å². The van der Waals surface area contributed by atoms with Crippen molar-refractivity contribution in [1.29, 1.82) is 0 Å². The summed E-state index contributed by atoms with van der Waals surface area (Å²) in [6.07, 6.45) is 7.85. The molecule has 0 spiro atoms. The third kappa shape index (κ3) is 1.89. The number of hydrogen-bond acceptors (Lipinski definition) is 2. The van der Waals surface area contributed by atoms with E-state index in [9.17, 15) is 4.79 Å². The maximum atomic E-state index is 10.8. The van der Waals surface area contributed by atoms with E-state index in [1.807, 2.05) is 0 Å². The molecule has 1 aliphatic rings. The lowest BCUT2D eigenvalue weighted by molar-refractivity contribution is 0.0679. The molecule has 1 fully saturated rings. The molecule has 0 radical (unpaired) electrons. The third-order valence-electron chi connectivity index (χ3n) is 3.24. The van der Waals surface area contributed by atoms with Crippen molar-refractivity contribution in [2.24, 2.45) is 7.05 Å². The second kappa shape index (κ2) is 4.04. The second-order valence-corrected chi connectivity index (χ2v) is 4.21. The van der Waals surface area contributed by atoms with Crippen LogP contribution in [0.1, 0.15) is 54.3 Å². The molecule has 1 saturated carbocycles. The molecule has 0 aliphatic heterocycles. The Morgan fingerprint density at radius 1 is 1.47 bits per heavy atom. The summed E-state index contributed by atoms with van der Waals surface area (Å²) in [6, 6.07) is 0. The van der Waals surface area contributed by atoms with Gasteiger partial charge in [0, 0.05) is 24.9 Å². The summed E-state index contributed by atoms with van der Waals surface area (Å²) in [5.41, 5.74) is 1.08. The fraction of sp³-hybridized carbons (Fsp3) is 0.636. The lowest BCUT2D eigenvalue weighted by Crippen LogP contribution is -2.12. The largest absolute Gasteiger partial charge is 0.475 e. The maximum absolute atomic E-state index is 10.8. The number of imidazole rings is 1. The van der Waals surface area contributed by atoms with Crippen LogP contribution in [-0.2, 0) is 7.05 Å². The highest BCUT2D eigenvalue weighted by Crippen LogP contribution is 2.32. The van der Waals surface area contributed by atoms with E-state index < -0.39 is 5.97 Å². The van der Waals surface area contributed by atoms with Gasteiger partial charge < -0.3 is 9.67 Å². The van der Waals surface area contributed by atoms with E-state index in [1.54, 1.807) is 17.8 Å². The van der Waals surface area contributed by atoms with Crippen molar-refractivity contribution in [3.8, 4) is 0 Å². The summed E-state index contributed by atoms with van der Waals surface area (Å²) in [6.45, 7) is 0. The number of hydrogen-bond donors (Lipinski definition) is 1. The molecule has 4 nitrogen and oxygen atoms in total. The Bertz CT molecular complexity index is 365. The Morgan fingerprint density at radius 2 is 2.13 bits per heavy atom. The Balaban J connectivity index is 2.24. The van der Waals surface area contributed by atoms with Gasteiger partial charge in [0.05, 0.1) is 0 Å². The van der Waals surface area contributed by atoms with Gasteiger partial charge in [0.2, 0.25) is 5.82 Å². The van der Waals surface area contributed by atoms with Crippen molar-refractivity contribution < 1.29 is 9.90 Å². The van der Waals surface area contributed by atoms with E-state index in [0.717, 1.165) is 5.69 Å². The zero-order valence-electron chi connectivity index (χ0n) is 8.94. The predicted molar refractivity (Wildman–Crippen MR) is 56.0 cm³/mol. The van der Waals surface area contributed by atoms with Gasteiger partial charge in [-0.25, -0.2) is 9.78 Å². The summed E-state index contributed by atoms with van der Waals surface area (Å²) < 4.78 is 1.72. The highest BCUT2D eigenvalue weighted by atomic mass is 16.4. The molecular formula is C11H16N2O2. The van der Waals surface area contributed by atoms with Crippen LogP contribution in [0.25, 0.3) is 0 Å². The Kier molecular flexibility index (Phi) is 2.75. The van der Waals surface area contributed by atoms with E-state index in [2.05, 4.69) is 4.98 Å². The highest BCUT2D eigenvalue weighted by Gasteiger charge is 2.21. The first kappa shape index (κ1) is 10.2. The first-order valence-electron chi connectivity index (χ1n) is 5.45. The van der Waals surface area contributed by atoms with E-state index in [-0.39, 0.29) is 5.82 Å². The fourth-order valence-corrected chi connectivity index (χ4v) is 2.40. The van der Waals surface area contributed by atoms with Crippen LogP contribution in [0.5, 0.6) is 0 Å². The molecule has 1 aliphatic carbocycles. The second-order valence-electron chi connectivity index (χ2n) is 4.21. The number of aromatic nitrogens is 2. The quantitative estimate of drug-likeness (QED) is 0.810. The van der Waals surface area contributed by atoms with Crippen molar-refractivity contribution in [2.45, 2.75) is 38.0 Å². The fourth-order valence-electron chi connectivity index (χ4n) is 2.40. The van der Waals surface area contributed by atoms with Crippen LogP contribution in [-0.4, -0.2) is 20.6 Å². The maximum Gasteiger partial charge on any atom is 0.372 e. The van der Waals surface area contributed by atoms with Gasteiger partial charge in [0.25, 0.3) is 0 Å². The summed E-state index contributed by atoms with van der Waals surface area (Å²) in [5, 5.41) is 8.89. The van der Waals surface area contributed by atoms with Gasteiger partial charge in [-0.2, -0.15) is 0 Å². The molecule has 2 rings (SSSR count). The number of aromatic carboxylic acids is 1. The topological polar surface area (TPSA) is 55.1 Å². The minimum atomic E-state index is -0.945. The van der Waals surface area contributed by atoms with Crippen molar-refractivity contribution >= 4 is 5.97 Å². The predicted octanol–water partition coefficient (Wildman–Crippen LogP) is 2.17. The van der Waals surface area contributed by atoms with E-state index in [1.165, 1.54) is 32.1 Å². The van der Waals surface area contributed by atoms with Crippen LogP contribution in [0.2, 0.25) is 0 Å². The van der Waals surface area contributed by atoms with Crippen molar-refractivity contribution in [2.75, 3.05) is 0 Å². The first-order chi connectivity index (χ1) is 7.20. The van der Waals surface area contributed by atoms with Crippen molar-refractivity contribution in [3.63, 3.8) is 0 Å². The van der Waals surface area contributed by atoms with Crippen LogP contribution in [0, 0.1) is 0 Å². The summed E-state index contributed by atoms with van der Waals surface area (Å²) >= 11 is 0. The Morgan fingerprint density at radius 3 is 2.67 bits per heavy atom. The molecule has 1 aromatic rings. The van der Waals surface area contributed by atoms with E-state index in [4.69, 9.17) is 5.11 Å². The van der Waals surface area contributed by atoms with Gasteiger partial charge in [0.1, 0.15) is 0 Å². The molecule has 0 amide bonds. The Hall–Kier alpha value is -1.32. The molecule has 15 heavy (non-hydrogen) atoms. The summed E-state index contributed by atoms with van der Waals surface area (Å²) in [4.78, 5) is 14.8. The zero-order valence-corrected chi connectivity index (χ0v) is 8.94. The van der Waals surface area contributed by atoms with Crippen LogP contribution in [0.4, 0.5) is 0 Å². The molecule has 1 N–H and O–H groups in total. The molecular weight excluding hydrogens is 192 g/mol. The highest BCUT2D eigenvalue weighted by molar-refractivity contribution is 5.83. The van der Waals surface area contributed by atoms with E-state index in [0.29, 0.717) is 5.92 Å². The van der Waals surface area contributed by atoms with Gasteiger partial charge in [-0.05, 0) is 12.8 Å². The Labute approximate surface area is 88.9 Å². The molecule has 0 unspecified atom stereocenters. The van der Waals surface area contributed by atoms with Gasteiger partial charge in [0.15, 0.2) is 0 Å². The number of carboxylic acids is 1. The summed E-state index contributed by atoms with van der Waals surface area (Å²) in [7, 11) is 1.79. The normalized spacial score (nSPS) is 17.9. The van der Waals surface area contributed by atoms with Crippen LogP contribution in [0.3, 0.4) is 0 Å². The minimum absolute atomic E-state index is 0.149. The lowest BCUT2D eigenvalue weighted by Gasteiger charge is -2.21. The number of rotatable bonds is 2. The van der Waals surface area contributed by atoms with Gasteiger partial charge in [-0.1, -0.05) is 19.3 Å². The molecule has 0 aromatic carbocycles. The smallest absolute Gasteiger partial charge is 0.372 e. The standard InChI is InChI=1S/C11H16N2O2/c1-13-9(7-12-10(13)11(14)15)8-5-3-2-4-6-8/h7-8H,2-6H2,1H3,(H,14,15). The van der Waals surface area contributed by atoms with E-state index >= 15 is 0 Å². The average Bonchev–Trinajstić information content (AvgIpc) is 2.61. The average molecular weight is 208 g/mol. The molecule has 4 heteroatoms. The minimum Gasteiger partial charge on any atom is -0.475 e. The van der Waals surface area contributed by atoms with Gasteiger partial charge >= 0.3 is 5.97 Å². The molecule has 0 bridgehead atoms. The number of nitrogens with zero attached hydrogens (tertiary/aromatic N) is 2. The lowest BCUT2D eigenvalue weighted by atomic mass is 9.87. The monoisotopic (exact) mass is 208 g/mol. The molecule has 1 aromatic heterocycles.